The van der Waals surface area contributed by atoms with E-state index in [2.05, 4.69) is 21.1 Å². The third-order valence-corrected chi connectivity index (χ3v) is 2.79. The SMILES string of the molecule is NCCc1cc(Br)ccc1OCc1ccno1. The minimum Gasteiger partial charge on any atom is -0.485 e. The number of nitrogens with two attached hydrogens (primary N) is 1. The Kier molecular flexibility index (Phi) is 4.17. The van der Waals surface area contributed by atoms with Crippen molar-refractivity contribution in [1.82, 2.24) is 5.16 Å². The molecule has 0 unspecified atom stereocenters. The third kappa shape index (κ3) is 3.31. The van der Waals surface area contributed by atoms with Crippen LogP contribution in [0.15, 0.2) is 39.5 Å². The van der Waals surface area contributed by atoms with E-state index >= 15 is 0 Å². The zero-order valence-electron chi connectivity index (χ0n) is 9.23. The first-order chi connectivity index (χ1) is 8.29. The molecule has 17 heavy (non-hydrogen) atoms. The second-order valence-electron chi connectivity index (χ2n) is 3.56. The molecule has 1 heterocycles. The number of halogens is 1. The van der Waals surface area contributed by atoms with Crippen molar-refractivity contribution >= 4 is 15.9 Å². The molecule has 1 aromatic heterocycles. The van der Waals surface area contributed by atoms with Crippen LogP contribution in [0.1, 0.15) is 11.3 Å². The van der Waals surface area contributed by atoms with E-state index in [1.165, 1.54) is 0 Å². The van der Waals surface area contributed by atoms with Gasteiger partial charge >= 0.3 is 0 Å². The lowest BCUT2D eigenvalue weighted by atomic mass is 10.1. The molecular formula is C12H13BrN2O2. The lowest BCUT2D eigenvalue weighted by Gasteiger charge is -2.10. The highest BCUT2D eigenvalue weighted by molar-refractivity contribution is 9.10. The largest absolute Gasteiger partial charge is 0.485 e. The van der Waals surface area contributed by atoms with Crippen molar-refractivity contribution in [1.29, 1.82) is 0 Å². The lowest BCUT2D eigenvalue weighted by Crippen LogP contribution is -2.05. The van der Waals surface area contributed by atoms with Crippen molar-refractivity contribution in [2.45, 2.75) is 13.0 Å². The van der Waals surface area contributed by atoms with Crippen LogP contribution in [-0.2, 0) is 13.0 Å². The summed E-state index contributed by atoms with van der Waals surface area (Å²) in [4.78, 5) is 0. The van der Waals surface area contributed by atoms with Gasteiger partial charge in [-0.1, -0.05) is 21.1 Å². The Labute approximate surface area is 108 Å². The van der Waals surface area contributed by atoms with Crippen molar-refractivity contribution in [3.05, 3.63) is 46.3 Å². The van der Waals surface area contributed by atoms with E-state index in [0.717, 1.165) is 22.2 Å². The fourth-order valence-corrected chi connectivity index (χ4v) is 1.91. The molecule has 0 aliphatic heterocycles. The van der Waals surface area contributed by atoms with Gasteiger partial charge in [0, 0.05) is 10.5 Å². The van der Waals surface area contributed by atoms with Crippen molar-refractivity contribution in [2.75, 3.05) is 6.54 Å². The van der Waals surface area contributed by atoms with Crippen molar-refractivity contribution in [3.8, 4) is 5.75 Å². The van der Waals surface area contributed by atoms with Gasteiger partial charge in [0.1, 0.15) is 12.4 Å². The third-order valence-electron chi connectivity index (χ3n) is 2.30. The number of hydrogen-bond acceptors (Lipinski definition) is 4. The molecule has 0 amide bonds. The fraction of sp³-hybridized carbons (Fsp3) is 0.250. The highest BCUT2D eigenvalue weighted by Gasteiger charge is 2.05. The van der Waals surface area contributed by atoms with Crippen molar-refractivity contribution < 1.29 is 9.26 Å². The van der Waals surface area contributed by atoms with Gasteiger partial charge in [-0.25, -0.2) is 0 Å². The summed E-state index contributed by atoms with van der Waals surface area (Å²) < 4.78 is 11.7. The van der Waals surface area contributed by atoms with Gasteiger partial charge in [0.25, 0.3) is 0 Å². The first-order valence-corrected chi connectivity index (χ1v) is 6.10. The number of hydrogen-bond donors (Lipinski definition) is 1. The van der Waals surface area contributed by atoms with Crippen LogP contribution in [0.25, 0.3) is 0 Å². The smallest absolute Gasteiger partial charge is 0.174 e. The zero-order valence-corrected chi connectivity index (χ0v) is 10.8. The van der Waals surface area contributed by atoms with Crippen LogP contribution in [0.2, 0.25) is 0 Å². The topological polar surface area (TPSA) is 61.3 Å². The number of rotatable bonds is 5. The molecule has 1 aromatic carbocycles. The Hall–Kier alpha value is -1.33. The lowest BCUT2D eigenvalue weighted by molar-refractivity contribution is 0.247. The number of ether oxygens (including phenoxy) is 1. The summed E-state index contributed by atoms with van der Waals surface area (Å²) in [7, 11) is 0. The molecule has 0 bridgehead atoms. The molecule has 5 heteroatoms. The molecule has 0 saturated heterocycles. The standard InChI is InChI=1S/C12H13BrN2O2/c13-10-1-2-12(9(7-10)3-5-14)16-8-11-4-6-15-17-11/h1-2,4,6-7H,3,5,8,14H2. The minimum atomic E-state index is 0.374. The molecule has 2 N–H and O–H groups in total. The summed E-state index contributed by atoms with van der Waals surface area (Å²) in [5, 5.41) is 3.62. The monoisotopic (exact) mass is 296 g/mol. The summed E-state index contributed by atoms with van der Waals surface area (Å²) in [6, 6.07) is 7.66. The molecule has 4 nitrogen and oxygen atoms in total. The van der Waals surface area contributed by atoms with E-state index in [9.17, 15) is 0 Å². The molecule has 2 rings (SSSR count). The average Bonchev–Trinajstić information content (AvgIpc) is 2.81. The second kappa shape index (κ2) is 5.84. The number of benzene rings is 1. The fourth-order valence-electron chi connectivity index (χ4n) is 1.51. The molecule has 0 atom stereocenters. The average molecular weight is 297 g/mol. The van der Waals surface area contributed by atoms with Gasteiger partial charge in [0.2, 0.25) is 0 Å². The maximum atomic E-state index is 5.68. The van der Waals surface area contributed by atoms with E-state index in [0.29, 0.717) is 18.9 Å². The Morgan fingerprint density at radius 3 is 2.94 bits per heavy atom. The predicted octanol–water partition coefficient (Wildman–Crippen LogP) is 2.52. The van der Waals surface area contributed by atoms with Crippen LogP contribution in [-0.4, -0.2) is 11.7 Å². The van der Waals surface area contributed by atoms with Gasteiger partial charge in [0.05, 0.1) is 6.20 Å². The highest BCUT2D eigenvalue weighted by atomic mass is 79.9. The molecule has 0 aliphatic rings. The van der Waals surface area contributed by atoms with Gasteiger partial charge in [-0.05, 0) is 36.7 Å². The van der Waals surface area contributed by atoms with E-state index in [-0.39, 0.29) is 0 Å². The zero-order chi connectivity index (χ0) is 12.1. The predicted molar refractivity (Wildman–Crippen MR) is 67.7 cm³/mol. The molecule has 0 fully saturated rings. The van der Waals surface area contributed by atoms with Gasteiger partial charge in [-0.15, -0.1) is 0 Å². The quantitative estimate of drug-likeness (QED) is 0.921. The Bertz CT molecular complexity index is 471. The van der Waals surface area contributed by atoms with Crippen LogP contribution >= 0.6 is 15.9 Å². The van der Waals surface area contributed by atoms with Gasteiger partial charge in [-0.3, -0.25) is 0 Å². The normalized spacial score (nSPS) is 10.5. The molecule has 0 radical (unpaired) electrons. The molecule has 0 saturated carbocycles. The molecule has 90 valence electrons. The van der Waals surface area contributed by atoms with E-state index in [4.69, 9.17) is 15.0 Å². The molecule has 2 aromatic rings. The van der Waals surface area contributed by atoms with Crippen LogP contribution < -0.4 is 10.5 Å². The van der Waals surface area contributed by atoms with Crippen LogP contribution in [0.3, 0.4) is 0 Å². The minimum absolute atomic E-state index is 0.374. The summed E-state index contributed by atoms with van der Waals surface area (Å²) in [6.45, 7) is 0.967. The molecular weight excluding hydrogens is 284 g/mol. The van der Waals surface area contributed by atoms with Gasteiger partial charge < -0.3 is 15.0 Å². The van der Waals surface area contributed by atoms with Gasteiger partial charge in [0.15, 0.2) is 5.76 Å². The summed E-state index contributed by atoms with van der Waals surface area (Å²) >= 11 is 3.43. The summed E-state index contributed by atoms with van der Waals surface area (Å²) in [6.07, 6.45) is 2.38. The maximum absolute atomic E-state index is 5.68. The number of aromatic nitrogens is 1. The maximum Gasteiger partial charge on any atom is 0.174 e. The van der Waals surface area contributed by atoms with Gasteiger partial charge in [-0.2, -0.15) is 0 Å². The van der Waals surface area contributed by atoms with Crippen LogP contribution in [0, 0.1) is 0 Å². The van der Waals surface area contributed by atoms with Crippen molar-refractivity contribution in [3.63, 3.8) is 0 Å². The Morgan fingerprint density at radius 1 is 1.35 bits per heavy atom. The van der Waals surface area contributed by atoms with E-state index < -0.39 is 0 Å². The summed E-state index contributed by atoms with van der Waals surface area (Å²) in [5.74, 6) is 1.53. The Morgan fingerprint density at radius 2 is 2.24 bits per heavy atom. The first-order valence-electron chi connectivity index (χ1n) is 5.30. The van der Waals surface area contributed by atoms with Crippen LogP contribution in [0.5, 0.6) is 5.75 Å². The van der Waals surface area contributed by atoms with Crippen molar-refractivity contribution in [2.24, 2.45) is 5.73 Å². The number of nitrogens with zero attached hydrogens (tertiary/aromatic N) is 1. The first kappa shape index (κ1) is 12.1. The van der Waals surface area contributed by atoms with E-state index in [1.807, 2.05) is 18.2 Å². The van der Waals surface area contributed by atoms with Crippen LogP contribution in [0.4, 0.5) is 0 Å². The Balaban J connectivity index is 2.08. The summed E-state index contributed by atoms with van der Waals surface area (Å²) in [5.41, 5.74) is 6.66. The molecule has 0 aliphatic carbocycles. The second-order valence-corrected chi connectivity index (χ2v) is 4.47. The highest BCUT2D eigenvalue weighted by Crippen LogP contribution is 2.24. The van der Waals surface area contributed by atoms with E-state index in [1.54, 1.807) is 12.3 Å². The molecule has 0 spiro atoms.